The maximum atomic E-state index is 13.4. The van der Waals surface area contributed by atoms with Gasteiger partial charge in [-0.2, -0.15) is 8.42 Å². The molecule has 0 heterocycles. The van der Waals surface area contributed by atoms with Crippen molar-refractivity contribution in [3.8, 4) is 23.0 Å². The minimum Gasteiger partial charge on any atom is -0.508 e. The summed E-state index contributed by atoms with van der Waals surface area (Å²) in [6.07, 6.45) is 0. The van der Waals surface area contributed by atoms with E-state index in [1.807, 2.05) is 0 Å². The fourth-order valence-electron chi connectivity index (χ4n) is 3.55. The minimum absolute atomic E-state index is 0.0212. The Morgan fingerprint density at radius 1 is 0.838 bits per heavy atom. The highest BCUT2D eigenvalue weighted by Crippen LogP contribution is 2.43. The van der Waals surface area contributed by atoms with Gasteiger partial charge in [0, 0.05) is 26.5 Å². The smallest absolute Gasteiger partial charge is 0.339 e. The van der Waals surface area contributed by atoms with Crippen LogP contribution < -0.4 is 4.18 Å². The fourth-order valence-corrected chi connectivity index (χ4v) is 4.72. The van der Waals surface area contributed by atoms with Crippen molar-refractivity contribution in [1.82, 2.24) is 0 Å². The number of hydrogen-bond acceptors (Lipinski definition) is 9. The van der Waals surface area contributed by atoms with Gasteiger partial charge in [0.1, 0.15) is 10.6 Å². The van der Waals surface area contributed by atoms with Gasteiger partial charge in [0.15, 0.2) is 17.3 Å². The number of aromatic hydroxyl groups is 3. The monoisotopic (exact) mass is 518 g/mol. The van der Waals surface area contributed by atoms with Crippen molar-refractivity contribution in [1.29, 1.82) is 0 Å². The van der Waals surface area contributed by atoms with Crippen LogP contribution in [0.4, 0.5) is 11.4 Å². The third kappa shape index (κ3) is 4.61. The molecule has 4 rings (SSSR count). The zero-order chi connectivity index (χ0) is 26.7. The van der Waals surface area contributed by atoms with E-state index in [1.165, 1.54) is 54.6 Å². The van der Waals surface area contributed by atoms with Gasteiger partial charge < -0.3 is 19.5 Å². The van der Waals surface area contributed by atoms with Gasteiger partial charge in [-0.15, -0.1) is 0 Å². The summed E-state index contributed by atoms with van der Waals surface area (Å²) >= 11 is 0. The number of carbonyl (C=O) groups excluding carboxylic acids is 1. The van der Waals surface area contributed by atoms with Crippen molar-refractivity contribution in [2.45, 2.75) is 4.90 Å². The molecular formula is C23H14N6O7S. The Morgan fingerprint density at radius 3 is 2.22 bits per heavy atom. The van der Waals surface area contributed by atoms with Crippen LogP contribution in [0.5, 0.6) is 23.0 Å². The molecular weight excluding hydrogens is 504 g/mol. The molecule has 4 aromatic rings. The third-order valence-electron chi connectivity index (χ3n) is 5.22. The SMILES string of the molecule is [N-]=[N+]=Nc1ccc2c(S(=O)(=O)Oc3c(C(=O)c4ccc(O)cc4)ccc(O)c3O)cccc2c1N=[N+]=[N-]. The molecule has 4 aromatic carbocycles. The fraction of sp³-hybridized carbons (Fsp3) is 0. The van der Waals surface area contributed by atoms with Crippen LogP contribution in [0.1, 0.15) is 15.9 Å². The van der Waals surface area contributed by atoms with E-state index < -0.39 is 38.0 Å². The Labute approximate surface area is 207 Å². The number of benzene rings is 4. The highest BCUT2D eigenvalue weighted by atomic mass is 32.2. The lowest BCUT2D eigenvalue weighted by atomic mass is 10.0. The first-order chi connectivity index (χ1) is 17.7. The van der Waals surface area contributed by atoms with Crippen LogP contribution in [0, 0.1) is 0 Å². The number of phenols is 3. The molecule has 37 heavy (non-hydrogen) atoms. The summed E-state index contributed by atoms with van der Waals surface area (Å²) in [5.41, 5.74) is 17.2. The maximum Gasteiger partial charge on any atom is 0.339 e. The van der Waals surface area contributed by atoms with E-state index in [4.69, 9.17) is 15.2 Å². The van der Waals surface area contributed by atoms with E-state index >= 15 is 0 Å². The lowest BCUT2D eigenvalue weighted by Crippen LogP contribution is -2.13. The number of azide groups is 2. The minimum atomic E-state index is -4.78. The summed E-state index contributed by atoms with van der Waals surface area (Å²) in [7, 11) is -4.78. The van der Waals surface area contributed by atoms with Crippen LogP contribution in [0.2, 0.25) is 0 Å². The van der Waals surface area contributed by atoms with Crippen LogP contribution in [-0.4, -0.2) is 29.5 Å². The van der Waals surface area contributed by atoms with Crippen molar-refractivity contribution < 1.29 is 32.7 Å². The molecule has 13 nitrogen and oxygen atoms in total. The van der Waals surface area contributed by atoms with E-state index in [9.17, 15) is 28.5 Å². The third-order valence-corrected chi connectivity index (χ3v) is 6.50. The summed E-state index contributed by atoms with van der Waals surface area (Å²) in [6.45, 7) is 0. The number of fused-ring (bicyclic) bond motifs is 1. The molecule has 0 saturated carbocycles. The number of carbonyl (C=O) groups is 1. The molecule has 3 N–H and O–H groups in total. The summed E-state index contributed by atoms with van der Waals surface area (Å²) < 4.78 is 31.9. The second-order valence-electron chi connectivity index (χ2n) is 7.39. The van der Waals surface area contributed by atoms with Crippen LogP contribution in [0.25, 0.3) is 31.7 Å². The average Bonchev–Trinajstić information content (AvgIpc) is 2.88. The number of nitrogens with zero attached hydrogens (tertiary/aromatic N) is 6. The van der Waals surface area contributed by atoms with Gasteiger partial charge in [-0.3, -0.25) is 4.79 Å². The number of phenolic OH excluding ortho intramolecular Hbond substituents is 3. The van der Waals surface area contributed by atoms with Gasteiger partial charge >= 0.3 is 10.1 Å². The molecule has 0 spiro atoms. The van der Waals surface area contributed by atoms with Crippen LogP contribution >= 0.6 is 0 Å². The van der Waals surface area contributed by atoms with Crippen molar-refractivity contribution >= 4 is 38.0 Å². The predicted octanol–water partition coefficient (Wildman–Crippen LogP) is 5.84. The molecule has 0 amide bonds. The summed E-state index contributed by atoms with van der Waals surface area (Å²) in [6, 6.07) is 13.6. The lowest BCUT2D eigenvalue weighted by molar-refractivity contribution is 0.103. The molecule has 0 aliphatic heterocycles. The molecule has 0 unspecified atom stereocenters. The first-order valence-corrected chi connectivity index (χ1v) is 11.6. The molecule has 184 valence electrons. The largest absolute Gasteiger partial charge is 0.508 e. The van der Waals surface area contributed by atoms with Crippen LogP contribution in [-0.2, 0) is 10.1 Å². The summed E-state index contributed by atoms with van der Waals surface area (Å²) in [5.74, 6) is -3.42. The Hall–Kier alpha value is -5.42. The lowest BCUT2D eigenvalue weighted by Gasteiger charge is -2.15. The Morgan fingerprint density at radius 2 is 1.54 bits per heavy atom. The maximum absolute atomic E-state index is 13.4. The Bertz CT molecular complexity index is 1780. The van der Waals surface area contributed by atoms with Crippen molar-refractivity contribution in [2.24, 2.45) is 10.2 Å². The van der Waals surface area contributed by atoms with Gasteiger partial charge in [0.2, 0.25) is 5.75 Å². The van der Waals surface area contributed by atoms with Crippen molar-refractivity contribution in [2.75, 3.05) is 0 Å². The highest BCUT2D eigenvalue weighted by molar-refractivity contribution is 7.87. The van der Waals surface area contributed by atoms with E-state index in [-0.39, 0.29) is 39.0 Å². The van der Waals surface area contributed by atoms with E-state index in [1.54, 1.807) is 0 Å². The summed E-state index contributed by atoms with van der Waals surface area (Å²) in [5, 5.41) is 37.0. The Balaban J connectivity index is 1.88. The van der Waals surface area contributed by atoms with Gasteiger partial charge in [-0.1, -0.05) is 34.5 Å². The topological polar surface area (TPSA) is 219 Å². The second-order valence-corrected chi connectivity index (χ2v) is 8.90. The predicted molar refractivity (Wildman–Crippen MR) is 131 cm³/mol. The van der Waals surface area contributed by atoms with Gasteiger partial charge in [0.05, 0.1) is 11.3 Å². The zero-order valence-corrected chi connectivity index (χ0v) is 19.2. The molecule has 0 atom stereocenters. The second kappa shape index (κ2) is 9.68. The molecule has 14 heteroatoms. The average molecular weight is 518 g/mol. The first-order valence-electron chi connectivity index (χ1n) is 10.2. The standard InChI is InChI=1S/C23H14N6O7S/c24-28-26-17-10-8-14-15(20(17)27-29-25)2-1-3-19(14)37(34,35)36-23-16(9-11-18(31)22(23)33)21(32)12-4-6-13(30)7-5-12/h1-11,30-31,33H. The van der Waals surface area contributed by atoms with Crippen LogP contribution in [0.3, 0.4) is 0 Å². The number of hydrogen-bond donors (Lipinski definition) is 3. The van der Waals surface area contributed by atoms with E-state index in [2.05, 4.69) is 20.1 Å². The zero-order valence-electron chi connectivity index (χ0n) is 18.4. The van der Waals surface area contributed by atoms with Gasteiger partial charge in [-0.25, -0.2) is 0 Å². The molecule has 0 bridgehead atoms. The molecule has 0 saturated heterocycles. The first kappa shape index (κ1) is 24.7. The van der Waals surface area contributed by atoms with Crippen LogP contribution in [0.15, 0.2) is 81.9 Å². The van der Waals surface area contributed by atoms with Gasteiger partial charge in [0.25, 0.3) is 0 Å². The number of rotatable bonds is 7. The van der Waals surface area contributed by atoms with E-state index in [0.29, 0.717) is 0 Å². The molecule has 0 radical (unpaired) electrons. The quantitative estimate of drug-likeness (QED) is 0.0676. The van der Waals surface area contributed by atoms with E-state index in [0.717, 1.165) is 12.1 Å². The highest BCUT2D eigenvalue weighted by Gasteiger charge is 2.28. The molecule has 0 aliphatic rings. The Kier molecular flexibility index (Phi) is 6.46. The van der Waals surface area contributed by atoms with Crippen molar-refractivity contribution in [3.63, 3.8) is 0 Å². The molecule has 0 aromatic heterocycles. The van der Waals surface area contributed by atoms with Crippen molar-refractivity contribution in [3.05, 3.63) is 98.7 Å². The number of ketones is 1. The van der Waals surface area contributed by atoms with Gasteiger partial charge in [-0.05, 0) is 58.9 Å². The summed E-state index contributed by atoms with van der Waals surface area (Å²) in [4.78, 5) is 18.0. The normalized spacial score (nSPS) is 10.8. The molecule has 0 fully saturated rings. The molecule has 0 aliphatic carbocycles.